The number of amides is 1. The summed E-state index contributed by atoms with van der Waals surface area (Å²) in [5.41, 5.74) is 1.40. The number of thiophene rings is 1. The van der Waals surface area contributed by atoms with Crippen molar-refractivity contribution in [1.82, 2.24) is 14.9 Å². The topological polar surface area (TPSA) is 107 Å². The number of rotatable bonds is 10. The Balaban J connectivity index is 1.53. The van der Waals surface area contributed by atoms with Gasteiger partial charge in [-0.2, -0.15) is 11.8 Å². The van der Waals surface area contributed by atoms with Crippen molar-refractivity contribution in [3.63, 3.8) is 0 Å². The van der Waals surface area contributed by atoms with Gasteiger partial charge >= 0.3 is 0 Å². The summed E-state index contributed by atoms with van der Waals surface area (Å²) in [5, 5.41) is 10.2. The van der Waals surface area contributed by atoms with Crippen molar-refractivity contribution < 1.29 is 13.2 Å². The predicted octanol–water partition coefficient (Wildman–Crippen LogP) is 2.75. The van der Waals surface area contributed by atoms with Crippen LogP contribution in [0.15, 0.2) is 40.6 Å². The van der Waals surface area contributed by atoms with Crippen LogP contribution in [-0.4, -0.2) is 36.2 Å². The molecule has 0 atom stereocenters. The van der Waals surface area contributed by atoms with Crippen molar-refractivity contribution in [3.8, 4) is 0 Å². The zero-order valence-corrected chi connectivity index (χ0v) is 18.6. The second-order valence-corrected chi connectivity index (χ2v) is 10.1. The van der Waals surface area contributed by atoms with E-state index in [0.717, 1.165) is 22.8 Å². The van der Waals surface area contributed by atoms with E-state index in [-0.39, 0.29) is 10.8 Å². The van der Waals surface area contributed by atoms with Gasteiger partial charge in [0, 0.05) is 42.3 Å². The number of carbonyl (C=O) groups is 1. The highest BCUT2D eigenvalue weighted by atomic mass is 32.2. The Bertz CT molecular complexity index is 1080. The van der Waals surface area contributed by atoms with Gasteiger partial charge in [0.2, 0.25) is 15.9 Å². The van der Waals surface area contributed by atoms with E-state index in [1.165, 1.54) is 17.0 Å². The first-order chi connectivity index (χ1) is 13.9. The van der Waals surface area contributed by atoms with Gasteiger partial charge in [-0.1, -0.05) is 6.07 Å². The minimum atomic E-state index is -3.77. The maximum Gasteiger partial charge on any atom is 0.238 e. The molecule has 0 spiro atoms. The zero-order valence-electron chi connectivity index (χ0n) is 16.1. The SMILES string of the molecule is CCn1c(CCC(=O)NCCSCc2cccs2)nc2cc(S(N)(=O)=O)ccc21. The van der Waals surface area contributed by atoms with E-state index in [1.807, 2.05) is 17.6 Å². The quantitative estimate of drug-likeness (QED) is 0.460. The van der Waals surface area contributed by atoms with Crippen LogP contribution in [0.5, 0.6) is 0 Å². The molecule has 0 aliphatic heterocycles. The molecule has 3 N–H and O–H groups in total. The van der Waals surface area contributed by atoms with Crippen molar-refractivity contribution in [2.24, 2.45) is 5.14 Å². The van der Waals surface area contributed by atoms with Crippen LogP contribution in [0, 0.1) is 0 Å². The summed E-state index contributed by atoms with van der Waals surface area (Å²) in [7, 11) is -3.77. The highest BCUT2D eigenvalue weighted by Gasteiger charge is 2.15. The van der Waals surface area contributed by atoms with E-state index in [0.29, 0.717) is 31.4 Å². The normalized spacial score (nSPS) is 11.8. The number of primary sulfonamides is 1. The lowest BCUT2D eigenvalue weighted by molar-refractivity contribution is -0.120. The predicted molar refractivity (Wildman–Crippen MR) is 119 cm³/mol. The number of hydrogen-bond acceptors (Lipinski definition) is 6. The smallest absolute Gasteiger partial charge is 0.238 e. The largest absolute Gasteiger partial charge is 0.355 e. The first-order valence-electron chi connectivity index (χ1n) is 9.27. The molecule has 3 aromatic rings. The molecule has 7 nitrogen and oxygen atoms in total. The Morgan fingerprint density at radius 1 is 1.34 bits per heavy atom. The molecular weight excluding hydrogens is 428 g/mol. The highest BCUT2D eigenvalue weighted by molar-refractivity contribution is 7.98. The molecule has 0 saturated carbocycles. The molecular formula is C19H24N4O3S3. The molecule has 2 aromatic heterocycles. The highest BCUT2D eigenvalue weighted by Crippen LogP contribution is 2.21. The number of fused-ring (bicyclic) bond motifs is 1. The minimum Gasteiger partial charge on any atom is -0.355 e. The van der Waals surface area contributed by atoms with Crippen LogP contribution in [0.3, 0.4) is 0 Å². The van der Waals surface area contributed by atoms with E-state index in [2.05, 4.69) is 21.7 Å². The maximum absolute atomic E-state index is 12.2. The summed E-state index contributed by atoms with van der Waals surface area (Å²) in [4.78, 5) is 18.1. The van der Waals surface area contributed by atoms with Crippen molar-refractivity contribution in [3.05, 3.63) is 46.4 Å². The second-order valence-electron chi connectivity index (χ2n) is 6.45. The van der Waals surface area contributed by atoms with Crippen molar-refractivity contribution >= 4 is 50.1 Å². The molecule has 0 aliphatic rings. The van der Waals surface area contributed by atoms with Gasteiger partial charge in [-0.25, -0.2) is 18.5 Å². The fourth-order valence-electron chi connectivity index (χ4n) is 3.02. The molecule has 1 amide bonds. The number of thioether (sulfide) groups is 1. The number of nitrogens with zero attached hydrogens (tertiary/aromatic N) is 2. The van der Waals surface area contributed by atoms with Crippen LogP contribution in [0.1, 0.15) is 24.0 Å². The van der Waals surface area contributed by atoms with Crippen LogP contribution in [0.25, 0.3) is 11.0 Å². The van der Waals surface area contributed by atoms with E-state index >= 15 is 0 Å². The van der Waals surface area contributed by atoms with Crippen LogP contribution in [0.4, 0.5) is 0 Å². The Morgan fingerprint density at radius 2 is 2.17 bits per heavy atom. The number of aryl methyl sites for hydroxylation is 2. The summed E-state index contributed by atoms with van der Waals surface area (Å²) in [6, 6.07) is 8.82. The molecule has 3 rings (SSSR count). The van der Waals surface area contributed by atoms with Crippen LogP contribution >= 0.6 is 23.1 Å². The molecule has 0 radical (unpaired) electrons. The third kappa shape index (κ3) is 5.81. The second kappa shape index (κ2) is 9.75. The zero-order chi connectivity index (χ0) is 20.9. The van der Waals surface area contributed by atoms with E-state index in [4.69, 9.17) is 5.14 Å². The summed E-state index contributed by atoms with van der Waals surface area (Å²) in [6.07, 6.45) is 0.822. The molecule has 10 heteroatoms. The average molecular weight is 453 g/mol. The van der Waals surface area contributed by atoms with Crippen LogP contribution in [0.2, 0.25) is 0 Å². The first-order valence-corrected chi connectivity index (χ1v) is 12.9. The Hall–Kier alpha value is -1.88. The van der Waals surface area contributed by atoms with Gasteiger partial charge in [-0.05, 0) is 36.6 Å². The van der Waals surface area contributed by atoms with Gasteiger partial charge < -0.3 is 9.88 Å². The van der Waals surface area contributed by atoms with Gasteiger partial charge in [0.1, 0.15) is 5.82 Å². The molecule has 156 valence electrons. The fourth-order valence-corrected chi connectivity index (χ4v) is 5.26. The van der Waals surface area contributed by atoms with Crippen LogP contribution in [-0.2, 0) is 33.5 Å². The lowest BCUT2D eigenvalue weighted by atomic mass is 10.3. The summed E-state index contributed by atoms with van der Waals surface area (Å²) in [5.74, 6) is 2.58. The number of imidazole rings is 1. The standard InChI is InChI=1S/C19H24N4O3S3/c1-2-23-17-6-5-15(29(20,25)26)12-16(17)22-18(23)7-8-19(24)21-9-11-27-13-14-4-3-10-28-14/h3-6,10,12H,2,7-9,11,13H2,1H3,(H,21,24)(H2,20,25,26). The first kappa shape index (κ1) is 21.8. The molecule has 0 fully saturated rings. The minimum absolute atomic E-state index is 0.0124. The Labute approximate surface area is 178 Å². The number of sulfonamides is 1. The van der Waals surface area contributed by atoms with Gasteiger partial charge in [-0.3, -0.25) is 4.79 Å². The summed E-state index contributed by atoms with van der Waals surface area (Å²) < 4.78 is 25.1. The third-order valence-corrected chi connectivity index (χ3v) is 7.39. The van der Waals surface area contributed by atoms with Gasteiger partial charge in [0.25, 0.3) is 0 Å². The number of nitrogens with two attached hydrogens (primary N) is 1. The Kier molecular flexibility index (Phi) is 7.33. The van der Waals surface area contributed by atoms with Crippen molar-refractivity contribution in [1.29, 1.82) is 0 Å². The number of aromatic nitrogens is 2. The van der Waals surface area contributed by atoms with E-state index in [9.17, 15) is 13.2 Å². The average Bonchev–Trinajstić information content (AvgIpc) is 3.31. The molecule has 0 aliphatic carbocycles. The van der Waals surface area contributed by atoms with Crippen molar-refractivity contribution in [2.45, 2.75) is 37.0 Å². The fraction of sp³-hybridized carbons (Fsp3) is 0.368. The third-order valence-electron chi connectivity index (χ3n) is 4.41. The molecule has 0 unspecified atom stereocenters. The lowest BCUT2D eigenvalue weighted by Gasteiger charge is -2.07. The number of nitrogens with one attached hydrogen (secondary N) is 1. The molecule has 29 heavy (non-hydrogen) atoms. The number of benzene rings is 1. The van der Waals surface area contributed by atoms with Gasteiger partial charge in [-0.15, -0.1) is 11.3 Å². The monoisotopic (exact) mass is 452 g/mol. The lowest BCUT2D eigenvalue weighted by Crippen LogP contribution is -2.26. The van der Waals surface area contributed by atoms with E-state index < -0.39 is 10.0 Å². The summed E-state index contributed by atoms with van der Waals surface area (Å²) in [6.45, 7) is 3.31. The molecule has 1 aromatic carbocycles. The van der Waals surface area contributed by atoms with Gasteiger partial charge in [0.15, 0.2) is 0 Å². The van der Waals surface area contributed by atoms with Crippen molar-refractivity contribution in [2.75, 3.05) is 12.3 Å². The number of carbonyl (C=O) groups excluding carboxylic acids is 1. The molecule has 0 bridgehead atoms. The van der Waals surface area contributed by atoms with Gasteiger partial charge in [0.05, 0.1) is 15.9 Å². The van der Waals surface area contributed by atoms with Crippen LogP contribution < -0.4 is 10.5 Å². The Morgan fingerprint density at radius 3 is 2.86 bits per heavy atom. The summed E-state index contributed by atoms with van der Waals surface area (Å²) >= 11 is 3.54. The molecule has 0 saturated heterocycles. The molecule has 2 heterocycles. The van der Waals surface area contributed by atoms with E-state index in [1.54, 1.807) is 29.2 Å². The maximum atomic E-state index is 12.2. The number of hydrogen-bond donors (Lipinski definition) is 2.